The Morgan fingerprint density at radius 1 is 0.966 bits per heavy atom. The van der Waals surface area contributed by atoms with Crippen LogP contribution in [0.4, 0.5) is 16.2 Å². The first-order chi connectivity index (χ1) is 14.0. The number of urea groups is 1. The highest BCUT2D eigenvalue weighted by molar-refractivity contribution is 7.20. The van der Waals surface area contributed by atoms with Gasteiger partial charge in [-0.15, -0.1) is 11.3 Å². The molecule has 3 N–H and O–H groups in total. The van der Waals surface area contributed by atoms with E-state index in [-0.39, 0.29) is 11.9 Å². The number of para-hydroxylation sites is 1. The van der Waals surface area contributed by atoms with Gasteiger partial charge in [-0.2, -0.15) is 5.10 Å². The molecule has 0 radical (unpaired) electrons. The van der Waals surface area contributed by atoms with Crippen LogP contribution in [-0.4, -0.2) is 28.8 Å². The number of carbonyl (C=O) groups is 2. The molecule has 0 spiro atoms. The van der Waals surface area contributed by atoms with Gasteiger partial charge in [0.25, 0.3) is 5.91 Å². The fourth-order valence-corrected chi connectivity index (χ4v) is 4.00. The number of carbonyl (C=O) groups excluding carboxylic acids is 2. The van der Waals surface area contributed by atoms with Gasteiger partial charge in [0.05, 0.1) is 16.3 Å². The van der Waals surface area contributed by atoms with E-state index in [4.69, 9.17) is 0 Å². The first-order valence-electron chi connectivity index (χ1n) is 9.00. The summed E-state index contributed by atoms with van der Waals surface area (Å²) in [6.07, 6.45) is 0. The molecule has 0 aliphatic carbocycles. The molecule has 4 aromatic rings. The summed E-state index contributed by atoms with van der Waals surface area (Å²) in [6, 6.07) is 18.4. The number of nitrogens with one attached hydrogen (secondary N) is 3. The van der Waals surface area contributed by atoms with Gasteiger partial charge in [-0.25, -0.2) is 9.48 Å². The minimum absolute atomic E-state index is 0.183. The Kier molecular flexibility index (Phi) is 5.01. The number of hydrogen-bond acceptors (Lipinski definition) is 4. The minimum Gasteiger partial charge on any atom is -0.341 e. The summed E-state index contributed by atoms with van der Waals surface area (Å²) in [5.41, 5.74) is 3.13. The normalized spacial score (nSPS) is 10.7. The number of hydrogen-bond donors (Lipinski definition) is 3. The van der Waals surface area contributed by atoms with Crippen LogP contribution in [0, 0.1) is 6.92 Å². The van der Waals surface area contributed by atoms with Crippen LogP contribution in [0.15, 0.2) is 60.7 Å². The molecule has 2 heterocycles. The third-order valence-corrected chi connectivity index (χ3v) is 5.51. The molecule has 0 saturated heterocycles. The van der Waals surface area contributed by atoms with Crippen LogP contribution in [0.3, 0.4) is 0 Å². The molecule has 3 amide bonds. The van der Waals surface area contributed by atoms with Crippen molar-refractivity contribution in [1.29, 1.82) is 0 Å². The number of anilines is 2. The number of aromatic nitrogens is 2. The van der Waals surface area contributed by atoms with Crippen molar-refractivity contribution in [2.75, 3.05) is 17.7 Å². The maximum atomic E-state index is 12.7. The number of benzene rings is 2. The van der Waals surface area contributed by atoms with Gasteiger partial charge >= 0.3 is 6.03 Å². The van der Waals surface area contributed by atoms with Crippen molar-refractivity contribution in [3.63, 3.8) is 0 Å². The molecule has 29 heavy (non-hydrogen) atoms. The first-order valence-corrected chi connectivity index (χ1v) is 9.81. The predicted octanol–water partition coefficient (Wildman–Crippen LogP) is 4.40. The molecule has 0 aliphatic heterocycles. The van der Waals surface area contributed by atoms with Gasteiger partial charge in [-0.1, -0.05) is 18.2 Å². The highest BCUT2D eigenvalue weighted by Crippen LogP contribution is 2.31. The number of thiophene rings is 1. The summed E-state index contributed by atoms with van der Waals surface area (Å²) in [6.45, 7) is 1.94. The fourth-order valence-electron chi connectivity index (χ4n) is 2.93. The molecule has 0 aliphatic rings. The van der Waals surface area contributed by atoms with E-state index in [9.17, 15) is 9.59 Å². The topological polar surface area (TPSA) is 88.1 Å². The molecule has 0 atom stereocenters. The van der Waals surface area contributed by atoms with E-state index in [0.29, 0.717) is 16.3 Å². The zero-order valence-electron chi connectivity index (χ0n) is 15.9. The summed E-state index contributed by atoms with van der Waals surface area (Å²) >= 11 is 1.40. The SMILES string of the molecule is CNC(=O)Nc1ccc(NC(=O)c2cc3c(C)nn(-c4ccccc4)c3s2)cc1. The van der Waals surface area contributed by atoms with E-state index < -0.39 is 0 Å². The van der Waals surface area contributed by atoms with Gasteiger partial charge in [-0.3, -0.25) is 4.79 Å². The van der Waals surface area contributed by atoms with E-state index in [1.54, 1.807) is 31.3 Å². The van der Waals surface area contributed by atoms with E-state index in [2.05, 4.69) is 21.0 Å². The van der Waals surface area contributed by atoms with Gasteiger partial charge in [0.2, 0.25) is 0 Å². The van der Waals surface area contributed by atoms with E-state index in [1.807, 2.05) is 48.0 Å². The van der Waals surface area contributed by atoms with Crippen LogP contribution in [0.25, 0.3) is 15.9 Å². The van der Waals surface area contributed by atoms with Crippen LogP contribution in [0.2, 0.25) is 0 Å². The zero-order chi connectivity index (χ0) is 20.4. The standard InChI is InChI=1S/C21H19N5O2S/c1-13-17-12-18(29-20(17)26(25-13)16-6-4-3-5-7-16)19(27)23-14-8-10-15(11-9-14)24-21(28)22-2/h3-12H,1-2H3,(H,23,27)(H2,22,24,28). The summed E-state index contributed by atoms with van der Waals surface area (Å²) < 4.78 is 1.87. The molecule has 0 unspecified atom stereocenters. The van der Waals surface area contributed by atoms with E-state index in [1.165, 1.54) is 11.3 Å². The van der Waals surface area contributed by atoms with Crippen molar-refractivity contribution < 1.29 is 9.59 Å². The molecule has 8 heteroatoms. The van der Waals surface area contributed by atoms with E-state index >= 15 is 0 Å². The maximum absolute atomic E-state index is 12.7. The van der Waals surface area contributed by atoms with Gasteiger partial charge in [0, 0.05) is 23.8 Å². The largest absolute Gasteiger partial charge is 0.341 e. The Morgan fingerprint density at radius 2 is 1.62 bits per heavy atom. The lowest BCUT2D eigenvalue weighted by atomic mass is 10.2. The third kappa shape index (κ3) is 3.83. The lowest BCUT2D eigenvalue weighted by Gasteiger charge is -2.07. The van der Waals surface area contributed by atoms with Crippen LogP contribution in [-0.2, 0) is 0 Å². The molecule has 2 aromatic carbocycles. The predicted molar refractivity (Wildman–Crippen MR) is 116 cm³/mol. The minimum atomic E-state index is -0.296. The second-order valence-corrected chi connectivity index (χ2v) is 7.43. The molecule has 0 fully saturated rings. The average molecular weight is 405 g/mol. The molecule has 7 nitrogen and oxygen atoms in total. The number of nitrogens with zero attached hydrogens (tertiary/aromatic N) is 2. The molecule has 2 aromatic heterocycles. The highest BCUT2D eigenvalue weighted by atomic mass is 32.1. The number of aryl methyl sites for hydroxylation is 1. The molecule has 0 saturated carbocycles. The molecule has 0 bridgehead atoms. The van der Waals surface area contributed by atoms with Gasteiger partial charge in [0.15, 0.2) is 0 Å². The highest BCUT2D eigenvalue weighted by Gasteiger charge is 2.17. The lowest BCUT2D eigenvalue weighted by Crippen LogP contribution is -2.24. The Labute approximate surface area is 171 Å². The number of rotatable bonds is 4. The van der Waals surface area contributed by atoms with Crippen molar-refractivity contribution in [3.05, 3.63) is 71.2 Å². The Balaban J connectivity index is 1.55. The third-order valence-electron chi connectivity index (χ3n) is 4.40. The van der Waals surface area contributed by atoms with Crippen molar-refractivity contribution in [2.45, 2.75) is 6.92 Å². The van der Waals surface area contributed by atoms with Crippen LogP contribution in [0.1, 0.15) is 15.4 Å². The van der Waals surface area contributed by atoms with Gasteiger partial charge < -0.3 is 16.0 Å². The summed E-state index contributed by atoms with van der Waals surface area (Å²) in [5.74, 6) is -0.183. The number of amides is 3. The zero-order valence-corrected chi connectivity index (χ0v) is 16.7. The lowest BCUT2D eigenvalue weighted by molar-refractivity contribution is 0.103. The van der Waals surface area contributed by atoms with Crippen LogP contribution >= 0.6 is 11.3 Å². The van der Waals surface area contributed by atoms with E-state index in [0.717, 1.165) is 21.6 Å². The summed E-state index contributed by atoms with van der Waals surface area (Å²) in [4.78, 5) is 25.6. The Morgan fingerprint density at radius 3 is 2.28 bits per heavy atom. The van der Waals surface area contributed by atoms with Crippen molar-refractivity contribution in [3.8, 4) is 5.69 Å². The second-order valence-electron chi connectivity index (χ2n) is 6.40. The summed E-state index contributed by atoms with van der Waals surface area (Å²) in [5, 5.41) is 13.6. The van der Waals surface area contributed by atoms with Crippen LogP contribution < -0.4 is 16.0 Å². The molecule has 146 valence electrons. The maximum Gasteiger partial charge on any atom is 0.318 e. The summed E-state index contributed by atoms with van der Waals surface area (Å²) in [7, 11) is 1.55. The average Bonchev–Trinajstić information content (AvgIpc) is 3.31. The molecule has 4 rings (SSSR count). The quantitative estimate of drug-likeness (QED) is 0.470. The molecular weight excluding hydrogens is 386 g/mol. The van der Waals surface area contributed by atoms with Gasteiger partial charge in [-0.05, 0) is 49.4 Å². The number of fused-ring (bicyclic) bond motifs is 1. The van der Waals surface area contributed by atoms with Crippen molar-refractivity contribution in [1.82, 2.24) is 15.1 Å². The van der Waals surface area contributed by atoms with Gasteiger partial charge in [0.1, 0.15) is 4.83 Å². The monoisotopic (exact) mass is 405 g/mol. The van der Waals surface area contributed by atoms with Crippen molar-refractivity contribution in [2.24, 2.45) is 0 Å². The second kappa shape index (κ2) is 7.76. The smallest absolute Gasteiger partial charge is 0.318 e. The Hall–Kier alpha value is -3.65. The Bertz CT molecular complexity index is 1180. The molecular formula is C21H19N5O2S. The van der Waals surface area contributed by atoms with Crippen molar-refractivity contribution >= 4 is 44.9 Å². The van der Waals surface area contributed by atoms with Crippen LogP contribution in [0.5, 0.6) is 0 Å². The first kappa shape index (κ1) is 18.7. The fraction of sp³-hybridized carbons (Fsp3) is 0.0952.